The van der Waals surface area contributed by atoms with Gasteiger partial charge in [-0.2, -0.15) is 0 Å². The second-order valence-corrected chi connectivity index (χ2v) is 3.74. The van der Waals surface area contributed by atoms with Gasteiger partial charge in [0, 0.05) is 5.92 Å². The number of rotatable bonds is 5. The number of carbonyl (C=O) groups is 2. The fraction of sp³-hybridized carbons (Fsp3) is 0.800. The van der Waals surface area contributed by atoms with Crippen LogP contribution in [0, 0.1) is 11.8 Å². The van der Waals surface area contributed by atoms with E-state index >= 15 is 0 Å². The summed E-state index contributed by atoms with van der Waals surface area (Å²) in [5, 5.41) is 11.0. The first-order valence-corrected chi connectivity index (χ1v) is 4.93. The maximum absolute atomic E-state index is 11.5. The lowest BCUT2D eigenvalue weighted by Crippen LogP contribution is -2.42. The number of hydrogen-bond acceptors (Lipinski definition) is 2. The van der Waals surface area contributed by atoms with Crippen molar-refractivity contribution in [3.63, 3.8) is 0 Å². The van der Waals surface area contributed by atoms with Crippen LogP contribution in [0.15, 0.2) is 0 Å². The molecule has 0 fully saturated rings. The maximum atomic E-state index is 11.5. The zero-order chi connectivity index (χ0) is 11.3. The Labute approximate surface area is 84.7 Å². The number of carbonyl (C=O) groups excluding carboxylic acids is 1. The Hall–Kier alpha value is -1.06. The van der Waals surface area contributed by atoms with E-state index in [2.05, 4.69) is 5.32 Å². The second kappa shape index (κ2) is 5.62. The third-order valence-electron chi connectivity index (χ3n) is 2.64. The highest BCUT2D eigenvalue weighted by Crippen LogP contribution is 2.14. The molecule has 0 heterocycles. The van der Waals surface area contributed by atoms with E-state index in [9.17, 15) is 9.59 Å². The van der Waals surface area contributed by atoms with E-state index in [0.717, 1.165) is 6.42 Å². The molecule has 0 aromatic carbocycles. The third-order valence-corrected chi connectivity index (χ3v) is 2.64. The summed E-state index contributed by atoms with van der Waals surface area (Å²) in [6, 6.07) is -0.811. The second-order valence-electron chi connectivity index (χ2n) is 3.74. The molecule has 3 atom stereocenters. The summed E-state index contributed by atoms with van der Waals surface area (Å²) >= 11 is 0. The van der Waals surface area contributed by atoms with Gasteiger partial charge in [-0.05, 0) is 12.8 Å². The molecule has 1 amide bonds. The molecule has 0 saturated carbocycles. The molecule has 0 aliphatic rings. The van der Waals surface area contributed by atoms with Crippen molar-refractivity contribution in [2.24, 2.45) is 11.8 Å². The molecule has 0 radical (unpaired) electrons. The summed E-state index contributed by atoms with van der Waals surface area (Å²) in [6.45, 7) is 7.27. The molecule has 0 saturated heterocycles. The highest BCUT2D eigenvalue weighted by molar-refractivity contribution is 5.84. The zero-order valence-corrected chi connectivity index (χ0v) is 9.20. The van der Waals surface area contributed by atoms with Crippen LogP contribution >= 0.6 is 0 Å². The van der Waals surface area contributed by atoms with E-state index < -0.39 is 12.0 Å². The smallest absolute Gasteiger partial charge is 0.325 e. The van der Waals surface area contributed by atoms with Gasteiger partial charge in [0.1, 0.15) is 6.04 Å². The van der Waals surface area contributed by atoms with Gasteiger partial charge in [-0.15, -0.1) is 0 Å². The monoisotopic (exact) mass is 201 g/mol. The predicted octanol–water partition coefficient (Wildman–Crippen LogP) is 1.26. The van der Waals surface area contributed by atoms with Crippen LogP contribution in [0.2, 0.25) is 0 Å². The van der Waals surface area contributed by atoms with Gasteiger partial charge < -0.3 is 10.4 Å². The molecule has 0 aliphatic heterocycles. The van der Waals surface area contributed by atoms with Crippen molar-refractivity contribution in [2.75, 3.05) is 0 Å². The van der Waals surface area contributed by atoms with Gasteiger partial charge in [0.2, 0.25) is 5.91 Å². The number of hydrogen-bond donors (Lipinski definition) is 2. The van der Waals surface area contributed by atoms with Crippen LogP contribution in [-0.4, -0.2) is 23.0 Å². The lowest BCUT2D eigenvalue weighted by molar-refractivity contribution is -0.142. The fourth-order valence-corrected chi connectivity index (χ4v) is 1.02. The minimum atomic E-state index is -1.00. The maximum Gasteiger partial charge on any atom is 0.325 e. The summed E-state index contributed by atoms with van der Waals surface area (Å²) in [5.41, 5.74) is 0. The lowest BCUT2D eigenvalue weighted by atomic mass is 9.93. The van der Waals surface area contributed by atoms with Crippen LogP contribution in [0.5, 0.6) is 0 Å². The van der Waals surface area contributed by atoms with Crippen molar-refractivity contribution >= 4 is 11.9 Å². The van der Waals surface area contributed by atoms with E-state index in [1.165, 1.54) is 6.92 Å². The van der Waals surface area contributed by atoms with Crippen LogP contribution in [0.4, 0.5) is 0 Å². The molecule has 0 spiro atoms. The van der Waals surface area contributed by atoms with Gasteiger partial charge >= 0.3 is 5.97 Å². The SMILES string of the molecule is CCC(C)C(C)C(=O)N[C@H](C)C(=O)O. The van der Waals surface area contributed by atoms with Crippen molar-refractivity contribution in [3.05, 3.63) is 0 Å². The van der Waals surface area contributed by atoms with E-state index in [1.807, 2.05) is 20.8 Å². The van der Waals surface area contributed by atoms with Crippen molar-refractivity contribution < 1.29 is 14.7 Å². The molecule has 0 aromatic heterocycles. The number of nitrogens with one attached hydrogen (secondary N) is 1. The van der Waals surface area contributed by atoms with Gasteiger partial charge in [0.25, 0.3) is 0 Å². The first-order valence-electron chi connectivity index (χ1n) is 4.93. The Morgan fingerprint density at radius 2 is 1.79 bits per heavy atom. The quantitative estimate of drug-likeness (QED) is 0.703. The number of carboxylic acid groups (broad SMARTS) is 1. The van der Waals surface area contributed by atoms with E-state index in [4.69, 9.17) is 5.11 Å². The fourth-order valence-electron chi connectivity index (χ4n) is 1.02. The molecule has 14 heavy (non-hydrogen) atoms. The average Bonchev–Trinajstić information content (AvgIpc) is 2.14. The van der Waals surface area contributed by atoms with Crippen LogP contribution in [0.25, 0.3) is 0 Å². The van der Waals surface area contributed by atoms with Crippen LogP contribution in [-0.2, 0) is 9.59 Å². The Morgan fingerprint density at radius 3 is 2.14 bits per heavy atom. The molecule has 0 rings (SSSR count). The molecule has 0 aliphatic carbocycles. The van der Waals surface area contributed by atoms with E-state index in [1.54, 1.807) is 0 Å². The van der Waals surface area contributed by atoms with Crippen molar-refractivity contribution in [2.45, 2.75) is 40.2 Å². The van der Waals surface area contributed by atoms with Crippen molar-refractivity contribution in [3.8, 4) is 0 Å². The van der Waals surface area contributed by atoms with Gasteiger partial charge in [0.15, 0.2) is 0 Å². The Kier molecular flexibility index (Phi) is 5.20. The highest BCUT2D eigenvalue weighted by atomic mass is 16.4. The van der Waals surface area contributed by atoms with Crippen LogP contribution in [0.1, 0.15) is 34.1 Å². The summed E-state index contributed by atoms with van der Waals surface area (Å²) in [5.74, 6) is -1.05. The molecule has 4 heteroatoms. The van der Waals surface area contributed by atoms with E-state index in [0.29, 0.717) is 0 Å². The van der Waals surface area contributed by atoms with Crippen LogP contribution < -0.4 is 5.32 Å². The molecule has 82 valence electrons. The molecule has 2 N–H and O–H groups in total. The Balaban J connectivity index is 4.14. The zero-order valence-electron chi connectivity index (χ0n) is 9.20. The highest BCUT2D eigenvalue weighted by Gasteiger charge is 2.22. The van der Waals surface area contributed by atoms with Crippen molar-refractivity contribution in [1.29, 1.82) is 0 Å². The largest absolute Gasteiger partial charge is 0.480 e. The molecule has 2 unspecified atom stereocenters. The van der Waals surface area contributed by atoms with Gasteiger partial charge in [-0.3, -0.25) is 9.59 Å². The van der Waals surface area contributed by atoms with E-state index in [-0.39, 0.29) is 17.7 Å². The summed E-state index contributed by atoms with van der Waals surface area (Å²) < 4.78 is 0. The lowest BCUT2D eigenvalue weighted by Gasteiger charge is -2.19. The molecule has 0 aromatic rings. The number of carboxylic acids is 1. The standard InChI is InChI=1S/C10H19NO3/c1-5-6(2)7(3)9(12)11-8(4)10(13)14/h6-8H,5H2,1-4H3,(H,11,12)(H,13,14)/t6?,7?,8-/m1/s1. The minimum absolute atomic E-state index is 0.137. The van der Waals surface area contributed by atoms with Gasteiger partial charge in [-0.1, -0.05) is 27.2 Å². The van der Waals surface area contributed by atoms with Crippen molar-refractivity contribution in [1.82, 2.24) is 5.32 Å². The van der Waals surface area contributed by atoms with Gasteiger partial charge in [-0.25, -0.2) is 0 Å². The topological polar surface area (TPSA) is 66.4 Å². The predicted molar refractivity (Wildman–Crippen MR) is 53.9 cm³/mol. The van der Waals surface area contributed by atoms with Gasteiger partial charge in [0.05, 0.1) is 0 Å². The first-order chi connectivity index (χ1) is 6.40. The third kappa shape index (κ3) is 3.77. The van der Waals surface area contributed by atoms with Crippen LogP contribution in [0.3, 0.4) is 0 Å². The Morgan fingerprint density at radius 1 is 1.29 bits per heavy atom. The summed E-state index contributed by atoms with van der Waals surface area (Å²) in [7, 11) is 0. The minimum Gasteiger partial charge on any atom is -0.480 e. The number of aliphatic carboxylic acids is 1. The molecule has 4 nitrogen and oxygen atoms in total. The summed E-state index contributed by atoms with van der Waals surface area (Å²) in [4.78, 5) is 22.0. The molecular formula is C10H19NO3. The average molecular weight is 201 g/mol. The summed E-state index contributed by atoms with van der Waals surface area (Å²) in [6.07, 6.45) is 0.913. The number of amides is 1. The Bertz CT molecular complexity index is 215. The normalized spacial score (nSPS) is 16.9. The first kappa shape index (κ1) is 12.9. The molecular weight excluding hydrogens is 182 g/mol. The molecule has 0 bridgehead atoms.